The molecule has 0 spiro atoms. The number of carboxylic acids is 1. The third kappa shape index (κ3) is 2.50. The standard InChI is InChI=1S/C5H6N2O2.ClH/c8-5(9)3-7-2-1-6-4-7;/h1-2,4H,3H2,(H,8,9);1H/i3D2;. The Morgan fingerprint density at radius 3 is 3.00 bits per heavy atom. The molecule has 0 amide bonds. The van der Waals surface area contributed by atoms with E-state index in [9.17, 15) is 4.79 Å². The molecule has 0 aromatic carbocycles. The Hall–Kier alpha value is -1.03. The Labute approximate surface area is 66.7 Å². The third-order valence-electron chi connectivity index (χ3n) is 0.729. The smallest absolute Gasteiger partial charge is 0.323 e. The lowest BCUT2D eigenvalue weighted by Gasteiger charge is -1.91. The Bertz CT molecular complexity index is 262. The molecule has 10 heavy (non-hydrogen) atoms. The van der Waals surface area contributed by atoms with E-state index in [0.717, 1.165) is 10.9 Å². The molecule has 0 fully saturated rings. The summed E-state index contributed by atoms with van der Waals surface area (Å²) in [4.78, 5) is 13.8. The monoisotopic (exact) mass is 164 g/mol. The van der Waals surface area contributed by atoms with Crippen molar-refractivity contribution in [3.63, 3.8) is 0 Å². The summed E-state index contributed by atoms with van der Waals surface area (Å²) >= 11 is 0. The molecule has 1 aromatic heterocycles. The maximum atomic E-state index is 10.3. The lowest BCUT2D eigenvalue weighted by Crippen LogP contribution is -2.05. The van der Waals surface area contributed by atoms with Gasteiger partial charge < -0.3 is 9.67 Å². The van der Waals surface area contributed by atoms with Crippen molar-refractivity contribution in [1.82, 2.24) is 9.55 Å². The molecule has 0 aliphatic rings. The fourth-order valence-corrected chi connectivity index (χ4v) is 0.436. The van der Waals surface area contributed by atoms with Crippen LogP contribution in [0.1, 0.15) is 2.74 Å². The summed E-state index contributed by atoms with van der Waals surface area (Å²) in [5, 5.41) is 8.39. The molecule has 0 aliphatic heterocycles. The van der Waals surface area contributed by atoms with Gasteiger partial charge in [-0.2, -0.15) is 0 Å². The van der Waals surface area contributed by atoms with Crippen LogP contribution < -0.4 is 0 Å². The molecular weight excluding hydrogens is 156 g/mol. The summed E-state index contributed by atoms with van der Waals surface area (Å²) in [5.74, 6) is -1.53. The molecule has 0 bridgehead atoms. The van der Waals surface area contributed by atoms with Gasteiger partial charge in [0, 0.05) is 12.4 Å². The number of halogens is 1. The van der Waals surface area contributed by atoms with Crippen molar-refractivity contribution >= 4 is 18.4 Å². The Balaban J connectivity index is 0.00000121. The van der Waals surface area contributed by atoms with E-state index in [0.29, 0.717) is 0 Å². The summed E-state index contributed by atoms with van der Waals surface area (Å²) in [5.41, 5.74) is 0. The van der Waals surface area contributed by atoms with E-state index < -0.39 is 12.5 Å². The number of aliphatic carboxylic acids is 1. The van der Waals surface area contributed by atoms with E-state index in [2.05, 4.69) is 4.98 Å². The largest absolute Gasteiger partial charge is 0.480 e. The zero-order valence-corrected chi connectivity index (χ0v) is 5.71. The minimum absolute atomic E-state index is 0. The molecule has 0 unspecified atom stereocenters. The van der Waals surface area contributed by atoms with E-state index in [-0.39, 0.29) is 12.4 Å². The first-order valence-electron chi connectivity index (χ1n) is 3.27. The van der Waals surface area contributed by atoms with Crippen molar-refractivity contribution in [3.05, 3.63) is 18.7 Å². The third-order valence-corrected chi connectivity index (χ3v) is 0.729. The second-order valence-corrected chi connectivity index (χ2v) is 1.39. The van der Waals surface area contributed by atoms with E-state index in [4.69, 9.17) is 7.85 Å². The number of rotatable bonds is 2. The molecule has 1 N–H and O–H groups in total. The van der Waals surface area contributed by atoms with Gasteiger partial charge in [0.15, 0.2) is 0 Å². The van der Waals surface area contributed by atoms with Gasteiger partial charge in [0.1, 0.15) is 6.50 Å². The highest BCUT2D eigenvalue weighted by Crippen LogP contribution is 1.83. The van der Waals surface area contributed by atoms with E-state index in [1.54, 1.807) is 0 Å². The fourth-order valence-electron chi connectivity index (χ4n) is 0.436. The molecule has 0 aliphatic carbocycles. The molecule has 0 saturated heterocycles. The normalized spacial score (nSPS) is 12.8. The van der Waals surface area contributed by atoms with Gasteiger partial charge in [-0.25, -0.2) is 4.98 Å². The number of hydrogen-bond donors (Lipinski definition) is 1. The van der Waals surface area contributed by atoms with E-state index in [1.807, 2.05) is 0 Å². The molecule has 0 atom stereocenters. The van der Waals surface area contributed by atoms with Crippen molar-refractivity contribution in [3.8, 4) is 0 Å². The van der Waals surface area contributed by atoms with Gasteiger partial charge in [0.2, 0.25) is 0 Å². The Morgan fingerprint density at radius 1 is 1.90 bits per heavy atom. The predicted molar refractivity (Wildman–Crippen MR) is 37.1 cm³/mol. The van der Waals surface area contributed by atoms with Crippen LogP contribution in [0.2, 0.25) is 0 Å². The van der Waals surface area contributed by atoms with Crippen LogP contribution in [0.3, 0.4) is 0 Å². The van der Waals surface area contributed by atoms with Gasteiger partial charge in [0.25, 0.3) is 0 Å². The first kappa shape index (κ1) is 5.73. The minimum Gasteiger partial charge on any atom is -0.480 e. The number of carboxylic acid groups (broad SMARTS) is 1. The quantitative estimate of drug-likeness (QED) is 0.688. The molecule has 1 heterocycles. The van der Waals surface area contributed by atoms with E-state index >= 15 is 0 Å². The molecule has 1 rings (SSSR count). The van der Waals surface area contributed by atoms with Crippen LogP contribution >= 0.6 is 12.4 Å². The summed E-state index contributed by atoms with van der Waals surface area (Å²) in [6, 6.07) is 0. The second-order valence-electron chi connectivity index (χ2n) is 1.39. The molecule has 4 nitrogen and oxygen atoms in total. The van der Waals surface area contributed by atoms with Crippen molar-refractivity contribution < 1.29 is 12.6 Å². The lowest BCUT2D eigenvalue weighted by molar-refractivity contribution is -0.137. The minimum atomic E-state index is -2.41. The molecule has 56 valence electrons. The van der Waals surface area contributed by atoms with E-state index in [1.165, 1.54) is 12.4 Å². The highest BCUT2D eigenvalue weighted by molar-refractivity contribution is 5.85. The van der Waals surface area contributed by atoms with Gasteiger partial charge in [-0.05, 0) is 0 Å². The molecule has 0 saturated carbocycles. The number of nitrogens with zero attached hydrogens (tertiary/aromatic N) is 2. The maximum Gasteiger partial charge on any atom is 0.323 e. The number of imidazole rings is 1. The van der Waals surface area contributed by atoms with Crippen molar-refractivity contribution in [2.45, 2.75) is 6.50 Å². The summed E-state index contributed by atoms with van der Waals surface area (Å²) in [7, 11) is 0. The van der Waals surface area contributed by atoms with Gasteiger partial charge in [-0.1, -0.05) is 0 Å². The molecule has 1 aromatic rings. The number of aromatic nitrogens is 2. The Morgan fingerprint density at radius 2 is 2.60 bits per heavy atom. The fraction of sp³-hybridized carbons (Fsp3) is 0.200. The van der Waals surface area contributed by atoms with Crippen LogP contribution in [0.5, 0.6) is 0 Å². The average molecular weight is 165 g/mol. The summed E-state index contributed by atoms with van der Waals surface area (Å²) < 4.78 is 14.9. The van der Waals surface area contributed by atoms with Crippen LogP contribution in [0.15, 0.2) is 18.7 Å². The lowest BCUT2D eigenvalue weighted by atomic mass is 10.6. The predicted octanol–water partition coefficient (Wildman–Crippen LogP) is 0.389. The van der Waals surface area contributed by atoms with Crippen molar-refractivity contribution in [2.24, 2.45) is 0 Å². The molecule has 5 heteroatoms. The Kier molecular flexibility index (Phi) is 2.23. The highest BCUT2D eigenvalue weighted by atomic mass is 35.5. The summed E-state index contributed by atoms with van der Waals surface area (Å²) in [6.07, 6.45) is 3.70. The van der Waals surface area contributed by atoms with Crippen LogP contribution in [0.4, 0.5) is 0 Å². The first-order chi connectivity index (χ1) is 5.05. The number of hydrogen-bond acceptors (Lipinski definition) is 2. The maximum absolute atomic E-state index is 10.3. The highest BCUT2D eigenvalue weighted by Gasteiger charge is 1.94. The van der Waals surface area contributed by atoms with Crippen LogP contribution in [0, 0.1) is 0 Å². The first-order valence-corrected chi connectivity index (χ1v) is 2.27. The van der Waals surface area contributed by atoms with Crippen LogP contribution in [0.25, 0.3) is 0 Å². The van der Waals surface area contributed by atoms with Crippen molar-refractivity contribution in [1.29, 1.82) is 0 Å². The van der Waals surface area contributed by atoms with Crippen LogP contribution in [-0.2, 0) is 11.3 Å². The van der Waals surface area contributed by atoms with Crippen molar-refractivity contribution in [2.75, 3.05) is 0 Å². The summed E-state index contributed by atoms with van der Waals surface area (Å²) in [6.45, 7) is -2.41. The van der Waals surface area contributed by atoms with Gasteiger partial charge in [0.05, 0.1) is 9.07 Å². The molecular formula is C5H7ClN2O2. The topological polar surface area (TPSA) is 55.1 Å². The molecule has 0 radical (unpaired) electrons. The van der Waals surface area contributed by atoms with Crippen LogP contribution in [-0.4, -0.2) is 20.6 Å². The second kappa shape index (κ2) is 3.90. The SMILES string of the molecule is Cl.[2H]C([2H])(C(=O)O)n1ccnc1. The van der Waals surface area contributed by atoms with Gasteiger partial charge in [-0.15, -0.1) is 12.4 Å². The zero-order valence-electron chi connectivity index (χ0n) is 6.89. The van der Waals surface area contributed by atoms with Gasteiger partial charge in [-0.3, -0.25) is 4.79 Å². The average Bonchev–Trinajstić information content (AvgIpc) is 2.37. The van der Waals surface area contributed by atoms with Gasteiger partial charge >= 0.3 is 5.97 Å². The zero-order chi connectivity index (χ0) is 8.48. The number of carbonyl (C=O) groups is 1.